The van der Waals surface area contributed by atoms with E-state index in [1.807, 2.05) is 6.08 Å². The minimum Gasteiger partial charge on any atom is -0.448 e. The van der Waals surface area contributed by atoms with Crippen LogP contribution in [0.2, 0.25) is 0 Å². The van der Waals surface area contributed by atoms with Crippen molar-refractivity contribution in [1.82, 2.24) is 0 Å². The SMILES string of the molecule is C=C(C)C(=O)OC1=CC2CCC1(OC(=O)C(=C)C)C2. The van der Waals surface area contributed by atoms with Gasteiger partial charge in [-0.2, -0.15) is 0 Å². The fourth-order valence-corrected chi connectivity index (χ4v) is 2.50. The molecule has 2 unspecified atom stereocenters. The lowest BCUT2D eigenvalue weighted by molar-refractivity contribution is -0.157. The number of rotatable bonds is 4. The van der Waals surface area contributed by atoms with Crippen molar-refractivity contribution in [2.24, 2.45) is 5.92 Å². The predicted molar refractivity (Wildman–Crippen MR) is 70.0 cm³/mol. The highest BCUT2D eigenvalue weighted by atomic mass is 16.6. The van der Waals surface area contributed by atoms with Crippen molar-refractivity contribution in [1.29, 1.82) is 0 Å². The molecule has 2 aliphatic carbocycles. The molecule has 0 aromatic heterocycles. The highest BCUT2D eigenvalue weighted by Crippen LogP contribution is 2.50. The molecule has 0 aromatic rings. The summed E-state index contributed by atoms with van der Waals surface area (Å²) in [6.07, 6.45) is 4.20. The standard InChI is InChI=1S/C15H18O4/c1-9(2)13(16)18-12-7-11-5-6-15(12,8-11)19-14(17)10(3)4/h7,11H,1,3,5-6,8H2,2,4H3. The van der Waals surface area contributed by atoms with Gasteiger partial charge in [-0.15, -0.1) is 0 Å². The molecule has 0 heterocycles. The van der Waals surface area contributed by atoms with Crippen LogP contribution in [0.3, 0.4) is 0 Å². The van der Waals surface area contributed by atoms with E-state index in [1.165, 1.54) is 0 Å². The van der Waals surface area contributed by atoms with Gasteiger partial charge in [0.2, 0.25) is 0 Å². The Bertz CT molecular complexity index is 500. The zero-order valence-electron chi connectivity index (χ0n) is 11.3. The second kappa shape index (κ2) is 4.68. The van der Waals surface area contributed by atoms with Crippen molar-refractivity contribution < 1.29 is 19.1 Å². The third-order valence-corrected chi connectivity index (χ3v) is 3.53. The summed E-state index contributed by atoms with van der Waals surface area (Å²) in [6.45, 7) is 10.3. The minimum absolute atomic E-state index is 0.311. The summed E-state index contributed by atoms with van der Waals surface area (Å²) in [6, 6.07) is 0. The first-order chi connectivity index (χ1) is 8.84. The largest absolute Gasteiger partial charge is 0.448 e. The van der Waals surface area contributed by atoms with Gasteiger partial charge in [-0.1, -0.05) is 13.2 Å². The van der Waals surface area contributed by atoms with Crippen LogP contribution in [0.4, 0.5) is 0 Å². The molecule has 1 saturated carbocycles. The molecule has 2 rings (SSSR count). The van der Waals surface area contributed by atoms with Gasteiger partial charge < -0.3 is 9.47 Å². The van der Waals surface area contributed by atoms with Gasteiger partial charge in [-0.25, -0.2) is 9.59 Å². The van der Waals surface area contributed by atoms with Crippen molar-refractivity contribution >= 4 is 11.9 Å². The normalized spacial score (nSPS) is 27.7. The molecular formula is C15H18O4. The zero-order valence-corrected chi connectivity index (χ0v) is 11.3. The van der Waals surface area contributed by atoms with Gasteiger partial charge in [0.15, 0.2) is 5.60 Å². The lowest BCUT2D eigenvalue weighted by atomic mass is 10.0. The smallest absolute Gasteiger partial charge is 0.338 e. The van der Waals surface area contributed by atoms with E-state index >= 15 is 0 Å². The molecule has 0 aromatic carbocycles. The van der Waals surface area contributed by atoms with Gasteiger partial charge in [-0.05, 0) is 38.7 Å². The molecule has 0 amide bonds. The number of carbonyl (C=O) groups is 2. The first kappa shape index (κ1) is 13.6. The number of carbonyl (C=O) groups excluding carboxylic acids is 2. The fraction of sp³-hybridized carbons (Fsp3) is 0.467. The summed E-state index contributed by atoms with van der Waals surface area (Å²) >= 11 is 0. The second-order valence-corrected chi connectivity index (χ2v) is 5.37. The van der Waals surface area contributed by atoms with E-state index in [0.717, 1.165) is 6.42 Å². The summed E-state index contributed by atoms with van der Waals surface area (Å²) in [5.41, 5.74) is -0.119. The van der Waals surface area contributed by atoms with Crippen molar-refractivity contribution in [3.05, 3.63) is 36.1 Å². The van der Waals surface area contributed by atoms with Crippen molar-refractivity contribution in [2.45, 2.75) is 38.7 Å². The van der Waals surface area contributed by atoms with E-state index in [-0.39, 0.29) is 0 Å². The maximum atomic E-state index is 11.7. The van der Waals surface area contributed by atoms with Crippen molar-refractivity contribution in [2.75, 3.05) is 0 Å². The van der Waals surface area contributed by atoms with Crippen molar-refractivity contribution in [3.8, 4) is 0 Å². The van der Waals surface area contributed by atoms with E-state index in [0.29, 0.717) is 35.7 Å². The van der Waals surface area contributed by atoms with Crippen LogP contribution in [-0.4, -0.2) is 17.5 Å². The van der Waals surface area contributed by atoms with Crippen LogP contribution in [0, 0.1) is 5.92 Å². The van der Waals surface area contributed by atoms with Crippen LogP contribution >= 0.6 is 0 Å². The Hall–Kier alpha value is -1.84. The zero-order chi connectivity index (χ0) is 14.2. The Labute approximate surface area is 112 Å². The number of hydrogen-bond acceptors (Lipinski definition) is 4. The van der Waals surface area contributed by atoms with Crippen LogP contribution < -0.4 is 0 Å². The van der Waals surface area contributed by atoms with Gasteiger partial charge in [0.1, 0.15) is 5.76 Å². The molecule has 4 nitrogen and oxygen atoms in total. The average molecular weight is 262 g/mol. The van der Waals surface area contributed by atoms with Crippen molar-refractivity contribution in [3.63, 3.8) is 0 Å². The summed E-state index contributed by atoms with van der Waals surface area (Å²) < 4.78 is 10.8. The third kappa shape index (κ3) is 2.48. The highest BCUT2D eigenvalue weighted by Gasteiger charge is 2.52. The molecular weight excluding hydrogens is 244 g/mol. The topological polar surface area (TPSA) is 52.6 Å². The molecule has 2 aliphatic rings. The molecule has 102 valence electrons. The summed E-state index contributed by atoms with van der Waals surface area (Å²) in [7, 11) is 0. The minimum atomic E-state index is -0.786. The van der Waals surface area contributed by atoms with Gasteiger partial charge >= 0.3 is 11.9 Å². The second-order valence-electron chi connectivity index (χ2n) is 5.37. The van der Waals surface area contributed by atoms with E-state index in [2.05, 4.69) is 13.2 Å². The molecule has 0 aliphatic heterocycles. The Balaban J connectivity index is 2.17. The summed E-state index contributed by atoms with van der Waals surface area (Å²) in [4.78, 5) is 23.4. The Morgan fingerprint density at radius 1 is 1.26 bits per heavy atom. The third-order valence-electron chi connectivity index (χ3n) is 3.53. The van der Waals surface area contributed by atoms with Crippen LogP contribution in [0.15, 0.2) is 36.1 Å². The van der Waals surface area contributed by atoms with Gasteiger partial charge in [-0.3, -0.25) is 0 Å². The highest BCUT2D eigenvalue weighted by molar-refractivity contribution is 5.89. The molecule has 4 heteroatoms. The fourth-order valence-electron chi connectivity index (χ4n) is 2.50. The molecule has 0 radical (unpaired) electrons. The average Bonchev–Trinajstić information content (AvgIpc) is 2.85. The lowest BCUT2D eigenvalue weighted by Crippen LogP contribution is -2.35. The molecule has 0 saturated heterocycles. The van der Waals surface area contributed by atoms with E-state index in [1.54, 1.807) is 13.8 Å². The number of esters is 2. The molecule has 0 spiro atoms. The molecule has 2 atom stereocenters. The van der Waals surface area contributed by atoms with E-state index < -0.39 is 17.5 Å². The maximum absolute atomic E-state index is 11.7. The molecule has 0 N–H and O–H groups in total. The van der Waals surface area contributed by atoms with Gasteiger partial charge in [0.25, 0.3) is 0 Å². The molecule has 2 bridgehead atoms. The first-order valence-corrected chi connectivity index (χ1v) is 6.33. The number of ether oxygens (including phenoxy) is 2. The predicted octanol–water partition coefficient (Wildman–Crippen LogP) is 2.66. The van der Waals surface area contributed by atoms with Crippen LogP contribution in [-0.2, 0) is 19.1 Å². The van der Waals surface area contributed by atoms with E-state index in [9.17, 15) is 9.59 Å². The Kier molecular flexibility index (Phi) is 3.35. The van der Waals surface area contributed by atoms with Gasteiger partial charge in [0, 0.05) is 17.6 Å². The quantitative estimate of drug-likeness (QED) is 0.577. The van der Waals surface area contributed by atoms with Crippen LogP contribution in [0.25, 0.3) is 0 Å². The summed E-state index contributed by atoms with van der Waals surface area (Å²) in [5, 5.41) is 0. The van der Waals surface area contributed by atoms with E-state index in [4.69, 9.17) is 9.47 Å². The van der Waals surface area contributed by atoms with Crippen LogP contribution in [0.5, 0.6) is 0 Å². The Morgan fingerprint density at radius 2 is 1.89 bits per heavy atom. The molecule has 19 heavy (non-hydrogen) atoms. The number of allylic oxidation sites excluding steroid dienone is 1. The van der Waals surface area contributed by atoms with Gasteiger partial charge in [0.05, 0.1) is 0 Å². The molecule has 1 fully saturated rings. The first-order valence-electron chi connectivity index (χ1n) is 6.33. The maximum Gasteiger partial charge on any atom is 0.338 e. The Morgan fingerprint density at radius 3 is 2.42 bits per heavy atom. The summed E-state index contributed by atoms with van der Waals surface area (Å²) in [5.74, 6) is -0.165. The van der Waals surface area contributed by atoms with Crippen LogP contribution in [0.1, 0.15) is 33.1 Å². The monoisotopic (exact) mass is 262 g/mol. The number of hydrogen-bond donors (Lipinski definition) is 0. The lowest BCUT2D eigenvalue weighted by Gasteiger charge is -2.29. The number of fused-ring (bicyclic) bond motifs is 2.